The first-order valence-corrected chi connectivity index (χ1v) is 9.45. The number of methoxy groups -OCH3 is 1. The topological polar surface area (TPSA) is 116 Å². The number of carbonyl (C=O) groups is 3. The highest BCUT2D eigenvalue weighted by Gasteiger charge is 2.54. The number of hydrogen-bond donors (Lipinski definition) is 2. The van der Waals surface area contributed by atoms with Gasteiger partial charge < -0.3 is 15.2 Å². The second-order valence-electron chi connectivity index (χ2n) is 8.38. The van der Waals surface area contributed by atoms with Crippen molar-refractivity contribution in [2.75, 3.05) is 13.7 Å². The molecule has 0 saturated carbocycles. The predicted molar refractivity (Wildman–Crippen MR) is 105 cm³/mol. The van der Waals surface area contributed by atoms with E-state index in [1.54, 1.807) is 18.2 Å². The third-order valence-electron chi connectivity index (χ3n) is 6.34. The molecule has 0 fully saturated rings. The van der Waals surface area contributed by atoms with Gasteiger partial charge >= 0.3 is 5.97 Å². The van der Waals surface area contributed by atoms with Crippen LogP contribution >= 0.6 is 0 Å². The fourth-order valence-electron chi connectivity index (χ4n) is 4.96. The minimum Gasteiger partial charge on any atom is -0.496 e. The molecule has 2 N–H and O–H groups in total. The van der Waals surface area contributed by atoms with E-state index in [4.69, 9.17) is 9.84 Å². The minimum absolute atomic E-state index is 0.00323. The molecule has 0 saturated heterocycles. The fourth-order valence-corrected chi connectivity index (χ4v) is 4.96. The van der Waals surface area contributed by atoms with Crippen LogP contribution in [0, 0.1) is 22.7 Å². The molecule has 2 aliphatic carbocycles. The molecule has 152 valence electrons. The molecule has 2 aliphatic rings. The van der Waals surface area contributed by atoms with Gasteiger partial charge in [-0.25, -0.2) is 0 Å². The van der Waals surface area contributed by atoms with Gasteiger partial charge in [0.15, 0.2) is 5.78 Å². The smallest absolute Gasteiger partial charge is 0.322 e. The first kappa shape index (κ1) is 20.6. The third kappa shape index (κ3) is 3.19. The Morgan fingerprint density at radius 1 is 1.34 bits per heavy atom. The van der Waals surface area contributed by atoms with Crippen LogP contribution in [0.2, 0.25) is 0 Å². The number of ether oxygens (including phenoxy) is 1. The van der Waals surface area contributed by atoms with Crippen LogP contribution in [0.4, 0.5) is 0 Å². The average molecular weight is 396 g/mol. The lowest BCUT2D eigenvalue weighted by Gasteiger charge is -2.51. The van der Waals surface area contributed by atoms with Crippen LogP contribution < -0.4 is 10.1 Å². The second-order valence-corrected chi connectivity index (χ2v) is 8.38. The monoisotopic (exact) mass is 396 g/mol. The zero-order valence-electron chi connectivity index (χ0n) is 17.0. The van der Waals surface area contributed by atoms with E-state index in [1.807, 2.05) is 26.8 Å². The number of rotatable bonds is 4. The van der Waals surface area contributed by atoms with Crippen LogP contribution in [0.1, 0.15) is 48.7 Å². The Labute approximate surface area is 169 Å². The van der Waals surface area contributed by atoms with Gasteiger partial charge in [-0.15, -0.1) is 0 Å². The summed E-state index contributed by atoms with van der Waals surface area (Å²) in [5.41, 5.74) is 1.04. The zero-order valence-corrected chi connectivity index (χ0v) is 17.0. The van der Waals surface area contributed by atoms with Crippen molar-refractivity contribution in [2.24, 2.45) is 11.3 Å². The molecule has 2 atom stereocenters. The molecule has 3 rings (SSSR count). The summed E-state index contributed by atoms with van der Waals surface area (Å²) < 4.78 is 5.43. The SMILES string of the molecule is COc1cc2c(cc1C(=O)NCC(=O)O)CC[C@H]1C(C)(C)C(=O)C(C#N)=C[C@]21C. The molecule has 0 heterocycles. The normalized spacial score (nSPS) is 24.4. The van der Waals surface area contributed by atoms with Gasteiger partial charge in [0.1, 0.15) is 18.4 Å². The number of benzene rings is 1. The summed E-state index contributed by atoms with van der Waals surface area (Å²) in [6, 6.07) is 5.56. The standard InChI is InChI=1S/C22H24N2O5/c1-21(2)17-6-5-12-7-14(20(28)24-11-18(25)26)16(29-4)8-15(12)22(17,3)9-13(10-23)19(21)27/h7-9,17H,5-6,11H2,1-4H3,(H,24,28)(H,25,26)/t17-,22+/m0/s1. The number of allylic oxidation sites excluding steroid dienone is 2. The summed E-state index contributed by atoms with van der Waals surface area (Å²) in [5, 5.41) is 20.7. The van der Waals surface area contributed by atoms with Crippen molar-refractivity contribution in [3.8, 4) is 11.8 Å². The van der Waals surface area contributed by atoms with Crippen molar-refractivity contribution in [1.29, 1.82) is 5.26 Å². The van der Waals surface area contributed by atoms with Gasteiger partial charge in [0.2, 0.25) is 0 Å². The highest BCUT2D eigenvalue weighted by molar-refractivity contribution is 6.04. The summed E-state index contributed by atoms with van der Waals surface area (Å²) >= 11 is 0. The number of carboxylic acid groups (broad SMARTS) is 1. The van der Waals surface area contributed by atoms with E-state index in [0.29, 0.717) is 12.2 Å². The van der Waals surface area contributed by atoms with Gasteiger partial charge in [0.25, 0.3) is 5.91 Å². The quantitative estimate of drug-likeness (QED) is 0.807. The molecule has 1 aromatic carbocycles. The lowest BCUT2D eigenvalue weighted by molar-refractivity contribution is -0.135. The Morgan fingerprint density at radius 2 is 2.03 bits per heavy atom. The van der Waals surface area contributed by atoms with Gasteiger partial charge in [-0.1, -0.05) is 26.8 Å². The highest BCUT2D eigenvalue weighted by Crippen LogP contribution is 2.55. The van der Waals surface area contributed by atoms with Crippen LogP contribution in [0.25, 0.3) is 0 Å². The van der Waals surface area contributed by atoms with Crippen molar-refractivity contribution in [1.82, 2.24) is 5.32 Å². The van der Waals surface area contributed by atoms with Crippen LogP contribution in [-0.4, -0.2) is 36.4 Å². The molecule has 1 amide bonds. The Kier molecular flexibility index (Phi) is 4.99. The van der Waals surface area contributed by atoms with Crippen LogP contribution in [0.15, 0.2) is 23.8 Å². The summed E-state index contributed by atoms with van der Waals surface area (Å²) in [6.07, 6.45) is 3.16. The number of carbonyl (C=O) groups excluding carboxylic acids is 2. The van der Waals surface area contributed by atoms with Crippen LogP contribution in [0.5, 0.6) is 5.75 Å². The third-order valence-corrected chi connectivity index (χ3v) is 6.34. The lowest BCUT2D eigenvalue weighted by Crippen LogP contribution is -2.51. The van der Waals surface area contributed by atoms with E-state index in [1.165, 1.54) is 7.11 Å². The second kappa shape index (κ2) is 7.03. The first-order valence-electron chi connectivity index (χ1n) is 9.45. The van der Waals surface area contributed by atoms with E-state index in [0.717, 1.165) is 17.5 Å². The molecule has 29 heavy (non-hydrogen) atoms. The molecule has 0 unspecified atom stereocenters. The van der Waals surface area contributed by atoms with E-state index in [9.17, 15) is 19.6 Å². The number of hydrogen-bond acceptors (Lipinski definition) is 5. The summed E-state index contributed by atoms with van der Waals surface area (Å²) in [7, 11) is 1.45. The number of aliphatic carboxylic acids is 1. The molecule has 0 radical (unpaired) electrons. The summed E-state index contributed by atoms with van der Waals surface area (Å²) in [5.74, 6) is -1.46. The molecule has 0 spiro atoms. The van der Waals surface area contributed by atoms with E-state index in [2.05, 4.69) is 5.32 Å². The molecular weight excluding hydrogens is 372 g/mol. The Balaban J connectivity index is 2.15. The van der Waals surface area contributed by atoms with E-state index < -0.39 is 29.3 Å². The van der Waals surface area contributed by atoms with Gasteiger partial charge in [-0.2, -0.15) is 5.26 Å². The molecule has 0 aliphatic heterocycles. The van der Waals surface area contributed by atoms with Crippen molar-refractivity contribution in [2.45, 2.75) is 39.0 Å². The molecule has 7 nitrogen and oxygen atoms in total. The number of nitriles is 1. The maximum absolute atomic E-state index is 12.8. The van der Waals surface area contributed by atoms with Gasteiger partial charge in [0.05, 0.1) is 18.2 Å². The number of ketones is 1. The number of aryl methyl sites for hydroxylation is 1. The predicted octanol–water partition coefficient (Wildman–Crippen LogP) is 2.39. The van der Waals surface area contributed by atoms with Crippen molar-refractivity contribution in [3.05, 3.63) is 40.5 Å². The highest BCUT2D eigenvalue weighted by atomic mass is 16.5. The largest absolute Gasteiger partial charge is 0.496 e. The van der Waals surface area contributed by atoms with E-state index >= 15 is 0 Å². The Morgan fingerprint density at radius 3 is 2.62 bits per heavy atom. The maximum atomic E-state index is 12.8. The van der Waals surface area contributed by atoms with Gasteiger partial charge in [-0.3, -0.25) is 14.4 Å². The first-order chi connectivity index (χ1) is 13.6. The number of nitrogens with zero attached hydrogens (tertiary/aromatic N) is 1. The summed E-state index contributed by atoms with van der Waals surface area (Å²) in [4.78, 5) is 36.0. The number of carboxylic acids is 1. The number of nitrogens with one attached hydrogen (secondary N) is 1. The van der Waals surface area contributed by atoms with Crippen molar-refractivity contribution >= 4 is 17.7 Å². The lowest BCUT2D eigenvalue weighted by atomic mass is 9.51. The fraction of sp³-hybridized carbons (Fsp3) is 0.455. The number of amides is 1. The van der Waals surface area contributed by atoms with Crippen LogP contribution in [0.3, 0.4) is 0 Å². The number of fused-ring (bicyclic) bond motifs is 3. The number of Topliss-reactive ketones (excluding diaryl/α,β-unsaturated/α-hetero) is 1. The zero-order chi connectivity index (χ0) is 21.6. The minimum atomic E-state index is -1.13. The Hall–Kier alpha value is -3.14. The van der Waals surface area contributed by atoms with Gasteiger partial charge in [-0.05, 0) is 42.0 Å². The summed E-state index contributed by atoms with van der Waals surface area (Å²) in [6.45, 7) is 5.31. The molecule has 0 aromatic heterocycles. The molecule has 1 aromatic rings. The van der Waals surface area contributed by atoms with Crippen molar-refractivity contribution in [3.63, 3.8) is 0 Å². The molecule has 0 bridgehead atoms. The van der Waals surface area contributed by atoms with E-state index in [-0.39, 0.29) is 22.8 Å². The molecule has 7 heteroatoms. The Bertz CT molecular complexity index is 986. The maximum Gasteiger partial charge on any atom is 0.322 e. The molecular formula is C22H24N2O5. The van der Waals surface area contributed by atoms with Gasteiger partial charge in [0, 0.05) is 10.8 Å². The average Bonchev–Trinajstić information content (AvgIpc) is 2.68. The van der Waals surface area contributed by atoms with Crippen LogP contribution in [-0.2, 0) is 21.4 Å². The van der Waals surface area contributed by atoms with Crippen molar-refractivity contribution < 1.29 is 24.2 Å².